The second kappa shape index (κ2) is 7.48. The third-order valence-corrected chi connectivity index (χ3v) is 4.78. The molecule has 3 nitrogen and oxygen atoms in total. The Bertz CT molecular complexity index is 463. The van der Waals surface area contributed by atoms with Crippen LogP contribution in [0.4, 0.5) is 5.69 Å². The average Bonchev–Trinajstić information content (AvgIpc) is 2.47. The zero-order valence-corrected chi connectivity index (χ0v) is 14.5. The first-order valence-electron chi connectivity index (χ1n) is 8.01. The third-order valence-electron chi connectivity index (χ3n) is 4.47. The molecule has 1 aromatic rings. The van der Waals surface area contributed by atoms with Crippen LogP contribution < -0.4 is 10.2 Å². The molecule has 1 heterocycles. The first-order valence-corrected chi connectivity index (χ1v) is 8.38. The molecule has 21 heavy (non-hydrogen) atoms. The summed E-state index contributed by atoms with van der Waals surface area (Å²) < 4.78 is 0. The molecule has 4 heteroatoms. The van der Waals surface area contributed by atoms with E-state index >= 15 is 0 Å². The van der Waals surface area contributed by atoms with E-state index in [2.05, 4.69) is 61.1 Å². The van der Waals surface area contributed by atoms with Gasteiger partial charge in [0.2, 0.25) is 0 Å². The Kier molecular flexibility index (Phi) is 5.91. The summed E-state index contributed by atoms with van der Waals surface area (Å²) in [6.45, 7) is 10.9. The van der Waals surface area contributed by atoms with E-state index in [1.807, 2.05) is 0 Å². The van der Waals surface area contributed by atoms with Crippen LogP contribution in [0.2, 0.25) is 5.02 Å². The van der Waals surface area contributed by atoms with Crippen molar-refractivity contribution in [2.45, 2.75) is 39.3 Å². The second-order valence-corrected chi connectivity index (χ2v) is 6.57. The molecule has 1 aliphatic heterocycles. The predicted octanol–water partition coefficient (Wildman–Crippen LogP) is 3.54. The summed E-state index contributed by atoms with van der Waals surface area (Å²) in [7, 11) is 2.19. The van der Waals surface area contributed by atoms with Gasteiger partial charge in [-0.2, -0.15) is 0 Å². The Labute approximate surface area is 134 Å². The quantitative estimate of drug-likeness (QED) is 0.897. The first-order chi connectivity index (χ1) is 10.0. The third kappa shape index (κ3) is 4.12. The van der Waals surface area contributed by atoms with Crippen LogP contribution in [0.3, 0.4) is 0 Å². The van der Waals surface area contributed by atoms with Gasteiger partial charge in [0.15, 0.2) is 0 Å². The molecule has 1 saturated heterocycles. The standard InChI is InChI=1S/C17H28ClN3/c1-5-8-19-14(3)15-6-7-17(16(18)11-15)21-10-9-20(4)13(2)12-21/h6-7,11,13-14,19H,5,8-10,12H2,1-4H3. The zero-order chi connectivity index (χ0) is 15.4. The van der Waals surface area contributed by atoms with Crippen LogP contribution in [0, 0.1) is 0 Å². The van der Waals surface area contributed by atoms with E-state index in [0.717, 1.165) is 37.6 Å². The van der Waals surface area contributed by atoms with E-state index in [-0.39, 0.29) is 0 Å². The van der Waals surface area contributed by atoms with Crippen molar-refractivity contribution in [2.75, 3.05) is 38.1 Å². The van der Waals surface area contributed by atoms with Gasteiger partial charge in [-0.05, 0) is 51.6 Å². The van der Waals surface area contributed by atoms with Crippen molar-refractivity contribution in [2.24, 2.45) is 0 Å². The maximum Gasteiger partial charge on any atom is 0.0642 e. The number of benzene rings is 1. The number of anilines is 1. The van der Waals surface area contributed by atoms with Crippen LogP contribution in [0.1, 0.15) is 38.8 Å². The molecule has 2 rings (SSSR count). The second-order valence-electron chi connectivity index (χ2n) is 6.16. The number of rotatable bonds is 5. The maximum absolute atomic E-state index is 6.54. The topological polar surface area (TPSA) is 18.5 Å². The van der Waals surface area contributed by atoms with Gasteiger partial charge in [-0.25, -0.2) is 0 Å². The van der Waals surface area contributed by atoms with E-state index < -0.39 is 0 Å². The van der Waals surface area contributed by atoms with E-state index in [0.29, 0.717) is 12.1 Å². The molecule has 0 amide bonds. The molecule has 1 fully saturated rings. The summed E-state index contributed by atoms with van der Waals surface area (Å²) in [5, 5.41) is 4.38. The SMILES string of the molecule is CCCNC(C)c1ccc(N2CCN(C)C(C)C2)c(Cl)c1. The Morgan fingerprint density at radius 3 is 2.76 bits per heavy atom. The largest absolute Gasteiger partial charge is 0.367 e. The highest BCUT2D eigenvalue weighted by atomic mass is 35.5. The smallest absolute Gasteiger partial charge is 0.0642 e. The summed E-state index contributed by atoms with van der Waals surface area (Å²) >= 11 is 6.54. The van der Waals surface area contributed by atoms with Crippen LogP contribution in [0.5, 0.6) is 0 Å². The number of nitrogens with zero attached hydrogens (tertiary/aromatic N) is 2. The van der Waals surface area contributed by atoms with Crippen LogP contribution in [0.25, 0.3) is 0 Å². The Balaban J connectivity index is 2.08. The predicted molar refractivity (Wildman–Crippen MR) is 92.5 cm³/mol. The summed E-state index contributed by atoms with van der Waals surface area (Å²) in [6.07, 6.45) is 1.15. The first kappa shape index (κ1) is 16.6. The minimum Gasteiger partial charge on any atom is -0.367 e. The number of likely N-dealkylation sites (N-methyl/N-ethyl adjacent to an activating group) is 1. The molecule has 0 saturated carbocycles. The lowest BCUT2D eigenvalue weighted by atomic mass is 10.1. The van der Waals surface area contributed by atoms with Gasteiger partial charge in [0.05, 0.1) is 10.7 Å². The molecule has 0 bridgehead atoms. The number of halogens is 1. The molecule has 0 spiro atoms. The van der Waals surface area contributed by atoms with Crippen molar-refractivity contribution in [3.05, 3.63) is 28.8 Å². The van der Waals surface area contributed by atoms with Crippen molar-refractivity contribution < 1.29 is 0 Å². The molecule has 1 aromatic carbocycles. The molecule has 2 atom stereocenters. The Morgan fingerprint density at radius 1 is 1.38 bits per heavy atom. The van der Waals surface area contributed by atoms with Crippen LogP contribution in [-0.2, 0) is 0 Å². The maximum atomic E-state index is 6.54. The molecule has 0 aliphatic carbocycles. The summed E-state index contributed by atoms with van der Waals surface area (Å²) in [4.78, 5) is 4.80. The fraction of sp³-hybridized carbons (Fsp3) is 0.647. The van der Waals surface area contributed by atoms with Crippen molar-refractivity contribution in [3.63, 3.8) is 0 Å². The molecular formula is C17H28ClN3. The van der Waals surface area contributed by atoms with Crippen LogP contribution in [0.15, 0.2) is 18.2 Å². The number of hydrogen-bond donors (Lipinski definition) is 1. The Morgan fingerprint density at radius 2 is 2.14 bits per heavy atom. The molecule has 1 N–H and O–H groups in total. The average molecular weight is 310 g/mol. The lowest BCUT2D eigenvalue weighted by Gasteiger charge is -2.39. The van der Waals surface area contributed by atoms with Crippen molar-refractivity contribution >= 4 is 17.3 Å². The fourth-order valence-electron chi connectivity index (χ4n) is 2.79. The minimum atomic E-state index is 0.350. The van der Waals surface area contributed by atoms with E-state index in [9.17, 15) is 0 Å². The highest BCUT2D eigenvalue weighted by molar-refractivity contribution is 6.33. The lowest BCUT2D eigenvalue weighted by Crippen LogP contribution is -2.50. The van der Waals surface area contributed by atoms with Gasteiger partial charge < -0.3 is 15.1 Å². The number of nitrogens with one attached hydrogen (secondary N) is 1. The van der Waals surface area contributed by atoms with Gasteiger partial charge >= 0.3 is 0 Å². The van der Waals surface area contributed by atoms with Crippen molar-refractivity contribution in [1.29, 1.82) is 0 Å². The Hall–Kier alpha value is -0.770. The molecule has 0 radical (unpaired) electrons. The zero-order valence-electron chi connectivity index (χ0n) is 13.7. The number of piperazine rings is 1. The molecule has 2 unspecified atom stereocenters. The van der Waals surface area contributed by atoms with Gasteiger partial charge in [0.25, 0.3) is 0 Å². The van der Waals surface area contributed by atoms with Crippen molar-refractivity contribution in [1.82, 2.24) is 10.2 Å². The van der Waals surface area contributed by atoms with Crippen molar-refractivity contribution in [3.8, 4) is 0 Å². The fourth-order valence-corrected chi connectivity index (χ4v) is 3.10. The van der Waals surface area contributed by atoms with Gasteiger partial charge in [0, 0.05) is 31.7 Å². The summed E-state index contributed by atoms with van der Waals surface area (Å²) in [5.74, 6) is 0. The number of hydrogen-bond acceptors (Lipinski definition) is 3. The van der Waals surface area contributed by atoms with Gasteiger partial charge in [-0.1, -0.05) is 24.6 Å². The highest BCUT2D eigenvalue weighted by Crippen LogP contribution is 2.30. The molecule has 118 valence electrons. The van der Waals surface area contributed by atoms with E-state index in [1.165, 1.54) is 11.3 Å². The molecular weight excluding hydrogens is 282 g/mol. The normalized spacial score (nSPS) is 21.6. The van der Waals surface area contributed by atoms with Gasteiger partial charge in [-0.3, -0.25) is 0 Å². The monoisotopic (exact) mass is 309 g/mol. The van der Waals surface area contributed by atoms with Gasteiger partial charge in [-0.15, -0.1) is 0 Å². The summed E-state index contributed by atoms with van der Waals surface area (Å²) in [5.41, 5.74) is 2.43. The summed E-state index contributed by atoms with van der Waals surface area (Å²) in [6, 6.07) is 7.42. The van der Waals surface area contributed by atoms with E-state index in [1.54, 1.807) is 0 Å². The lowest BCUT2D eigenvalue weighted by molar-refractivity contribution is 0.234. The minimum absolute atomic E-state index is 0.350. The van der Waals surface area contributed by atoms with Gasteiger partial charge in [0.1, 0.15) is 0 Å². The van der Waals surface area contributed by atoms with Crippen LogP contribution in [-0.4, -0.2) is 44.2 Å². The molecule has 0 aromatic heterocycles. The van der Waals surface area contributed by atoms with Crippen LogP contribution >= 0.6 is 11.6 Å². The highest BCUT2D eigenvalue weighted by Gasteiger charge is 2.22. The van der Waals surface area contributed by atoms with E-state index in [4.69, 9.17) is 11.6 Å². The molecule has 1 aliphatic rings.